The maximum atomic E-state index is 12.7. The van der Waals surface area contributed by atoms with Crippen LogP contribution in [0.15, 0.2) is 47.3 Å². The number of rotatable bonds is 7. The van der Waals surface area contributed by atoms with Gasteiger partial charge in [-0.3, -0.25) is 4.79 Å². The van der Waals surface area contributed by atoms with Gasteiger partial charge in [0.2, 0.25) is 4.96 Å². The van der Waals surface area contributed by atoms with Gasteiger partial charge >= 0.3 is 0 Å². The molecule has 0 unspecified atom stereocenters. The molecule has 4 aromatic rings. The molecular weight excluding hydrogens is 441 g/mol. The quantitative estimate of drug-likeness (QED) is 0.354. The molecule has 0 spiro atoms. The van der Waals surface area contributed by atoms with Gasteiger partial charge in [-0.15, -0.1) is 5.10 Å². The lowest BCUT2D eigenvalue weighted by atomic mass is 10.2. The molecule has 0 aliphatic heterocycles. The van der Waals surface area contributed by atoms with Crippen molar-refractivity contribution in [2.45, 2.75) is 26.2 Å². The summed E-state index contributed by atoms with van der Waals surface area (Å²) in [5, 5.41) is 5.42. The minimum atomic E-state index is -0.226. The molecule has 8 heteroatoms. The highest BCUT2D eigenvalue weighted by molar-refractivity contribution is 7.15. The van der Waals surface area contributed by atoms with E-state index in [4.69, 9.17) is 27.9 Å². The Balaban J connectivity index is 1.58. The van der Waals surface area contributed by atoms with Crippen LogP contribution in [0.4, 0.5) is 0 Å². The van der Waals surface area contributed by atoms with Crippen LogP contribution in [-0.4, -0.2) is 21.2 Å². The van der Waals surface area contributed by atoms with E-state index in [9.17, 15) is 4.79 Å². The lowest BCUT2D eigenvalue weighted by Gasteiger charge is -2.05. The Morgan fingerprint density at radius 3 is 2.63 bits per heavy atom. The van der Waals surface area contributed by atoms with Gasteiger partial charge < -0.3 is 4.74 Å². The zero-order chi connectivity index (χ0) is 21.1. The number of hydrogen-bond donors (Lipinski definition) is 0. The normalized spacial score (nSPS) is 12.0. The molecule has 2 aromatic carbocycles. The summed E-state index contributed by atoms with van der Waals surface area (Å²) in [6.45, 7) is 2.88. The Morgan fingerprint density at radius 2 is 1.93 bits per heavy atom. The summed E-state index contributed by atoms with van der Waals surface area (Å²) in [6, 6.07) is 12.8. The fourth-order valence-corrected chi connectivity index (χ4v) is 4.32. The Kier molecular flexibility index (Phi) is 6.37. The van der Waals surface area contributed by atoms with E-state index in [-0.39, 0.29) is 5.56 Å². The van der Waals surface area contributed by atoms with Gasteiger partial charge in [-0.05, 0) is 54.5 Å². The molecule has 0 amide bonds. The summed E-state index contributed by atoms with van der Waals surface area (Å²) in [5.74, 6) is 1.32. The van der Waals surface area contributed by atoms with Crippen molar-refractivity contribution in [3.63, 3.8) is 0 Å². The number of fused-ring (bicyclic) bond motifs is 1. The second kappa shape index (κ2) is 9.16. The number of unbranched alkanes of at least 4 members (excludes halogenated alkanes) is 2. The van der Waals surface area contributed by atoms with Gasteiger partial charge in [-0.25, -0.2) is 0 Å². The molecule has 5 nitrogen and oxygen atoms in total. The molecule has 0 radical (unpaired) electrons. The first-order valence-corrected chi connectivity index (χ1v) is 11.2. The number of aromatic nitrogens is 3. The first kappa shape index (κ1) is 20.8. The topological polar surface area (TPSA) is 56.5 Å². The lowest BCUT2D eigenvalue weighted by molar-refractivity contribution is 0.306. The van der Waals surface area contributed by atoms with E-state index in [1.807, 2.05) is 24.3 Å². The standard InChI is InChI=1S/C22H19Cl2N3O2S/c1-2-3-4-11-29-17-9-6-14(7-10-17)20-25-22-27(26-20)21(28)19(30-22)12-15-5-8-16(23)13-18(15)24/h5-10,12-13H,2-4,11H2,1H3/b19-12-. The predicted molar refractivity (Wildman–Crippen MR) is 123 cm³/mol. The smallest absolute Gasteiger partial charge is 0.291 e. The van der Waals surface area contributed by atoms with Gasteiger partial charge in [0.05, 0.1) is 11.1 Å². The first-order chi connectivity index (χ1) is 14.5. The number of ether oxygens (including phenoxy) is 1. The molecule has 0 atom stereocenters. The van der Waals surface area contributed by atoms with Crippen molar-refractivity contribution in [1.29, 1.82) is 0 Å². The van der Waals surface area contributed by atoms with Crippen molar-refractivity contribution in [2.24, 2.45) is 0 Å². The van der Waals surface area contributed by atoms with E-state index in [1.165, 1.54) is 22.3 Å². The van der Waals surface area contributed by atoms with Gasteiger partial charge in [0.25, 0.3) is 5.56 Å². The molecular formula is C22H19Cl2N3O2S. The first-order valence-electron chi connectivity index (χ1n) is 9.65. The van der Waals surface area contributed by atoms with Crippen LogP contribution in [0.1, 0.15) is 31.7 Å². The molecule has 0 fully saturated rings. The molecule has 0 aliphatic rings. The molecule has 2 aromatic heterocycles. The summed E-state index contributed by atoms with van der Waals surface area (Å²) in [4.78, 5) is 17.8. The summed E-state index contributed by atoms with van der Waals surface area (Å²) in [6.07, 6.45) is 5.10. The number of benzene rings is 2. The van der Waals surface area contributed by atoms with Crippen LogP contribution in [0, 0.1) is 0 Å². The zero-order valence-corrected chi connectivity index (χ0v) is 18.6. The highest BCUT2D eigenvalue weighted by Gasteiger charge is 2.12. The monoisotopic (exact) mass is 459 g/mol. The van der Waals surface area contributed by atoms with E-state index in [1.54, 1.807) is 24.3 Å². The molecule has 0 saturated heterocycles. The van der Waals surface area contributed by atoms with E-state index in [2.05, 4.69) is 17.0 Å². The van der Waals surface area contributed by atoms with E-state index < -0.39 is 0 Å². The van der Waals surface area contributed by atoms with E-state index in [0.29, 0.717) is 32.0 Å². The Labute approximate surface area is 187 Å². The van der Waals surface area contributed by atoms with Crippen LogP contribution in [0.2, 0.25) is 10.0 Å². The van der Waals surface area contributed by atoms with Crippen molar-refractivity contribution < 1.29 is 4.74 Å². The largest absolute Gasteiger partial charge is 0.494 e. The van der Waals surface area contributed by atoms with Crippen molar-refractivity contribution in [1.82, 2.24) is 14.6 Å². The van der Waals surface area contributed by atoms with Crippen LogP contribution in [0.3, 0.4) is 0 Å². The Hall–Kier alpha value is -2.41. The minimum Gasteiger partial charge on any atom is -0.494 e. The molecule has 154 valence electrons. The fourth-order valence-electron chi connectivity index (χ4n) is 2.96. The molecule has 2 heterocycles. The molecule has 0 bridgehead atoms. The minimum absolute atomic E-state index is 0.226. The molecule has 0 N–H and O–H groups in total. The summed E-state index contributed by atoms with van der Waals surface area (Å²) in [5.41, 5.74) is 1.32. The lowest BCUT2D eigenvalue weighted by Crippen LogP contribution is -2.23. The summed E-state index contributed by atoms with van der Waals surface area (Å²) < 4.78 is 7.57. The van der Waals surface area contributed by atoms with Crippen LogP contribution in [0.25, 0.3) is 22.4 Å². The number of halogens is 2. The molecule has 30 heavy (non-hydrogen) atoms. The SMILES string of the molecule is CCCCCOc1ccc(-c2nc3s/c(=C\c4ccc(Cl)cc4Cl)c(=O)n3n2)cc1. The van der Waals surface area contributed by atoms with Crippen LogP contribution < -0.4 is 14.8 Å². The summed E-state index contributed by atoms with van der Waals surface area (Å²) >= 11 is 13.4. The molecule has 4 rings (SSSR count). The number of hydrogen-bond acceptors (Lipinski definition) is 5. The number of nitrogens with zero attached hydrogens (tertiary/aromatic N) is 3. The van der Waals surface area contributed by atoms with E-state index >= 15 is 0 Å². The second-order valence-electron chi connectivity index (χ2n) is 6.79. The number of thiazole rings is 1. The third-order valence-electron chi connectivity index (χ3n) is 4.56. The molecule has 0 saturated carbocycles. The predicted octanol–water partition coefficient (Wildman–Crippen LogP) is 5.24. The second-order valence-corrected chi connectivity index (χ2v) is 8.64. The van der Waals surface area contributed by atoms with Gasteiger partial charge in [0.15, 0.2) is 5.82 Å². The summed E-state index contributed by atoms with van der Waals surface area (Å²) in [7, 11) is 0. The maximum Gasteiger partial charge on any atom is 0.291 e. The van der Waals surface area contributed by atoms with Gasteiger partial charge in [-0.1, -0.05) is 60.4 Å². The Bertz CT molecular complexity index is 1280. The highest BCUT2D eigenvalue weighted by atomic mass is 35.5. The van der Waals surface area contributed by atoms with Crippen molar-refractivity contribution in [3.8, 4) is 17.1 Å². The van der Waals surface area contributed by atoms with E-state index in [0.717, 1.165) is 29.7 Å². The average Bonchev–Trinajstić information content (AvgIpc) is 3.27. The van der Waals surface area contributed by atoms with Crippen LogP contribution in [-0.2, 0) is 0 Å². The van der Waals surface area contributed by atoms with Crippen LogP contribution >= 0.6 is 34.5 Å². The van der Waals surface area contributed by atoms with Crippen molar-refractivity contribution >= 4 is 45.6 Å². The highest BCUT2D eigenvalue weighted by Crippen LogP contribution is 2.22. The zero-order valence-electron chi connectivity index (χ0n) is 16.3. The van der Waals surface area contributed by atoms with Gasteiger partial charge in [-0.2, -0.15) is 9.50 Å². The third-order valence-corrected chi connectivity index (χ3v) is 6.08. The molecule has 0 aliphatic carbocycles. The third kappa shape index (κ3) is 4.51. The van der Waals surface area contributed by atoms with Crippen LogP contribution in [0.5, 0.6) is 5.75 Å². The van der Waals surface area contributed by atoms with Crippen molar-refractivity contribution in [2.75, 3.05) is 6.61 Å². The van der Waals surface area contributed by atoms with Gasteiger partial charge in [0.1, 0.15) is 5.75 Å². The van der Waals surface area contributed by atoms with Crippen molar-refractivity contribution in [3.05, 3.63) is 73.0 Å². The Morgan fingerprint density at radius 1 is 1.13 bits per heavy atom. The maximum absolute atomic E-state index is 12.7. The average molecular weight is 460 g/mol. The van der Waals surface area contributed by atoms with Gasteiger partial charge in [0, 0.05) is 15.6 Å². The fraction of sp³-hybridized carbons (Fsp3) is 0.227.